The number of amides is 9. The van der Waals surface area contributed by atoms with Crippen molar-refractivity contribution in [1.29, 1.82) is 0 Å². The first-order chi connectivity index (χ1) is 34.0. The number of carbonyl (C=O) groups excluding carboxylic acids is 9. The van der Waals surface area contributed by atoms with Crippen molar-refractivity contribution in [3.63, 3.8) is 0 Å². The van der Waals surface area contributed by atoms with Crippen molar-refractivity contribution in [3.05, 3.63) is 60.2 Å². The maximum atomic E-state index is 14.7. The second-order valence-corrected chi connectivity index (χ2v) is 19.8. The maximum absolute atomic E-state index is 14.7. The van der Waals surface area contributed by atoms with Gasteiger partial charge in [-0.05, 0) is 42.6 Å². The van der Waals surface area contributed by atoms with E-state index in [0.29, 0.717) is 25.8 Å². The molecule has 0 aromatic heterocycles. The summed E-state index contributed by atoms with van der Waals surface area (Å²) < 4.78 is 11.9. The average molecular weight is 1010 g/mol. The highest BCUT2D eigenvalue weighted by Crippen LogP contribution is 2.30. The van der Waals surface area contributed by atoms with Crippen LogP contribution in [-0.2, 0) is 63.8 Å². The van der Waals surface area contributed by atoms with Crippen LogP contribution < -0.4 is 10.6 Å². The molecule has 3 N–H and O–H groups in total. The zero-order valence-corrected chi connectivity index (χ0v) is 43.6. The van der Waals surface area contributed by atoms with E-state index in [4.69, 9.17) is 9.47 Å². The van der Waals surface area contributed by atoms with Gasteiger partial charge in [0.1, 0.15) is 18.1 Å². The fourth-order valence-electron chi connectivity index (χ4n) is 10.1. The number of carboxylic acid groups (broad SMARTS) is 1. The first-order valence-corrected chi connectivity index (χ1v) is 24.8. The predicted molar refractivity (Wildman–Crippen MR) is 264 cm³/mol. The Balaban J connectivity index is 1.47. The lowest BCUT2D eigenvalue weighted by molar-refractivity contribution is -0.149. The van der Waals surface area contributed by atoms with Gasteiger partial charge in [-0.25, -0.2) is 4.79 Å². The van der Waals surface area contributed by atoms with Crippen molar-refractivity contribution < 1.29 is 62.5 Å². The number of ether oxygens (including phenoxy) is 2. The smallest absolute Gasteiger partial charge is 0.326 e. The average Bonchev–Trinajstić information content (AvgIpc) is 4.05. The van der Waals surface area contributed by atoms with Gasteiger partial charge >= 0.3 is 5.97 Å². The topological polar surface area (TPSA) is 250 Å². The lowest BCUT2D eigenvalue weighted by Gasteiger charge is -2.41. The van der Waals surface area contributed by atoms with E-state index in [9.17, 15) is 53.1 Å². The van der Waals surface area contributed by atoms with Crippen molar-refractivity contribution in [1.82, 2.24) is 35.1 Å². The lowest BCUT2D eigenvalue weighted by Crippen LogP contribution is -2.60. The Morgan fingerprint density at radius 1 is 0.792 bits per heavy atom. The number of hydrogen-bond donors (Lipinski definition) is 3. The molecule has 396 valence electrons. The number of imide groups is 2. The van der Waals surface area contributed by atoms with Crippen LogP contribution in [0.4, 0.5) is 0 Å². The Hall–Kier alpha value is -6.28. The van der Waals surface area contributed by atoms with Crippen LogP contribution >= 0.6 is 0 Å². The Morgan fingerprint density at radius 3 is 1.92 bits per heavy atom. The van der Waals surface area contributed by atoms with Crippen molar-refractivity contribution in [2.45, 2.75) is 142 Å². The summed E-state index contributed by atoms with van der Waals surface area (Å²) in [4.78, 5) is 139. The van der Waals surface area contributed by atoms with Crippen molar-refractivity contribution >= 4 is 59.1 Å². The van der Waals surface area contributed by atoms with E-state index in [1.807, 2.05) is 19.9 Å². The molecule has 3 heterocycles. The third kappa shape index (κ3) is 14.2. The van der Waals surface area contributed by atoms with Crippen LogP contribution in [0.15, 0.2) is 54.6 Å². The zero-order valence-electron chi connectivity index (χ0n) is 43.6. The summed E-state index contributed by atoms with van der Waals surface area (Å²) in [6.45, 7) is 12.7. The first kappa shape index (κ1) is 58.3. The fraction of sp³-hybridized carbons (Fsp3) is 0.615. The second kappa shape index (κ2) is 26.4. The Morgan fingerprint density at radius 2 is 1.39 bits per heavy atom. The largest absolute Gasteiger partial charge is 0.480 e. The molecular weight excluding hydrogens is 931 g/mol. The molecule has 0 aliphatic carbocycles. The monoisotopic (exact) mass is 1010 g/mol. The summed E-state index contributed by atoms with van der Waals surface area (Å²) in [6.07, 6.45) is 4.07. The van der Waals surface area contributed by atoms with E-state index < -0.39 is 119 Å². The Labute approximate surface area is 422 Å². The van der Waals surface area contributed by atoms with Crippen LogP contribution in [-0.4, -0.2) is 179 Å². The number of carboxylic acids is 1. The van der Waals surface area contributed by atoms with Gasteiger partial charge in [0.15, 0.2) is 0 Å². The minimum atomic E-state index is -1.18. The fourth-order valence-corrected chi connectivity index (χ4v) is 10.1. The molecule has 1 fully saturated rings. The number of nitrogens with zero attached hydrogens (tertiary/aromatic N) is 5. The first-order valence-electron chi connectivity index (χ1n) is 24.8. The number of carbonyl (C=O) groups is 10. The Bertz CT molecular complexity index is 2180. The molecule has 10 atom stereocenters. The predicted octanol–water partition coefficient (Wildman–Crippen LogP) is 2.34. The number of likely N-dealkylation sites (tertiary alicyclic amines) is 1. The van der Waals surface area contributed by atoms with Crippen LogP contribution in [0.25, 0.3) is 0 Å². The van der Waals surface area contributed by atoms with Crippen molar-refractivity contribution in [2.75, 3.05) is 41.4 Å². The number of aliphatic carboxylic acids is 1. The van der Waals surface area contributed by atoms with Gasteiger partial charge in [-0.1, -0.05) is 85.2 Å². The molecule has 4 rings (SSSR count). The van der Waals surface area contributed by atoms with Gasteiger partial charge in [0.2, 0.25) is 29.5 Å². The molecule has 0 bridgehead atoms. The molecule has 0 saturated carbocycles. The van der Waals surface area contributed by atoms with E-state index in [0.717, 1.165) is 39.7 Å². The van der Waals surface area contributed by atoms with Crippen LogP contribution in [0, 0.1) is 23.7 Å². The van der Waals surface area contributed by atoms with Gasteiger partial charge in [0, 0.05) is 72.0 Å². The third-order valence-electron chi connectivity index (χ3n) is 14.3. The van der Waals surface area contributed by atoms with Crippen LogP contribution in [0.5, 0.6) is 0 Å². The highest BCUT2D eigenvalue weighted by Gasteiger charge is 2.44. The van der Waals surface area contributed by atoms with E-state index in [2.05, 4.69) is 10.6 Å². The van der Waals surface area contributed by atoms with Crippen LogP contribution in [0.2, 0.25) is 0 Å². The van der Waals surface area contributed by atoms with Gasteiger partial charge in [-0.15, -0.1) is 0 Å². The molecule has 20 nitrogen and oxygen atoms in total. The highest BCUT2D eigenvalue weighted by molar-refractivity contribution is 6.14. The number of benzene rings is 1. The summed E-state index contributed by atoms with van der Waals surface area (Å²) in [7, 11) is 5.98. The molecule has 3 aliphatic heterocycles. The number of likely N-dealkylation sites (N-methyl/N-ethyl adjacent to an activating group) is 2. The second-order valence-electron chi connectivity index (χ2n) is 19.8. The molecule has 20 heteroatoms. The van der Waals surface area contributed by atoms with Crippen molar-refractivity contribution in [2.24, 2.45) is 23.7 Å². The van der Waals surface area contributed by atoms with Crippen molar-refractivity contribution in [3.8, 4) is 0 Å². The van der Waals surface area contributed by atoms with E-state index in [-0.39, 0.29) is 44.1 Å². The Kier molecular flexibility index (Phi) is 21.4. The molecule has 0 radical (unpaired) electrons. The van der Waals surface area contributed by atoms with E-state index in [1.54, 1.807) is 70.8 Å². The SMILES string of the molecule is CC[C@H](C)[C@@H]([C@@H](CC(=O)N1CCC[C@H]1[C@H](OC)[C@@H](C)C(=O)N[C@@H](Cc1ccccc1)C(=O)O)OC)N(C)C(=O)[C@@H](NC(=O)C(C(C)C)N(C)C(=O)CCC(CN1C(=O)C=CC1=O)N1C(=O)C=CC1=O)C(C)C. The molecule has 2 unspecified atom stereocenters. The minimum absolute atomic E-state index is 0.0826. The molecule has 1 saturated heterocycles. The standard InChI is InChI=1S/C52H75N7O13/c1-12-32(6)47(38(71-10)28-44(65)57-26-16-19-37(57)48(72-11)33(7)49(66)53-36(52(69)70)27-34-17-14-13-15-18-34)56(9)51(68)45(30(2)3)54-50(67)46(31(4)5)55(8)39(60)21-20-35(59-42(63)24-25-43(59)64)29-58-40(61)22-23-41(58)62/h13-15,17-18,22-25,30-33,35-38,45-48H,12,16,19-21,26-29H2,1-11H3,(H,53,66)(H,54,67)(H,69,70)/t32-,33+,35?,36-,37-,38+,45-,46?,47-,48+/m0/s1. The van der Waals surface area contributed by atoms with E-state index in [1.165, 1.54) is 31.1 Å². The molecule has 3 aliphatic rings. The highest BCUT2D eigenvalue weighted by atomic mass is 16.5. The molecular formula is C52H75N7O13. The van der Waals surface area contributed by atoms with Crippen LogP contribution in [0.1, 0.15) is 92.6 Å². The summed E-state index contributed by atoms with van der Waals surface area (Å²) >= 11 is 0. The summed E-state index contributed by atoms with van der Waals surface area (Å²) in [5.41, 5.74) is 0.745. The van der Waals surface area contributed by atoms with Gasteiger partial charge < -0.3 is 39.9 Å². The zero-order chi connectivity index (χ0) is 53.7. The molecule has 9 amide bonds. The van der Waals surface area contributed by atoms with Crippen LogP contribution in [0.3, 0.4) is 0 Å². The maximum Gasteiger partial charge on any atom is 0.326 e. The van der Waals surface area contributed by atoms with Gasteiger partial charge in [-0.3, -0.25) is 53.0 Å². The lowest BCUT2D eigenvalue weighted by atomic mass is 9.89. The summed E-state index contributed by atoms with van der Waals surface area (Å²) in [5, 5.41) is 15.5. The summed E-state index contributed by atoms with van der Waals surface area (Å²) in [5.74, 6) is -7.99. The van der Waals surface area contributed by atoms with Gasteiger partial charge in [-0.2, -0.15) is 0 Å². The number of nitrogens with one attached hydrogen (secondary N) is 2. The number of hydrogen-bond acceptors (Lipinski definition) is 12. The van der Waals surface area contributed by atoms with E-state index >= 15 is 0 Å². The summed E-state index contributed by atoms with van der Waals surface area (Å²) in [6, 6.07) is 3.45. The third-order valence-corrected chi connectivity index (χ3v) is 14.3. The molecule has 0 spiro atoms. The molecule has 1 aromatic carbocycles. The number of rotatable bonds is 27. The molecule has 72 heavy (non-hydrogen) atoms. The van der Waals surface area contributed by atoms with Gasteiger partial charge in [0.25, 0.3) is 23.6 Å². The minimum Gasteiger partial charge on any atom is -0.480 e. The van der Waals surface area contributed by atoms with Gasteiger partial charge in [0.05, 0.1) is 49.2 Å². The normalized spacial score (nSPS) is 19.5. The quantitative estimate of drug-likeness (QED) is 0.107. The number of methoxy groups -OCH3 is 2. The molecule has 1 aromatic rings.